The molecule has 26 heavy (non-hydrogen) atoms. The first kappa shape index (κ1) is 15.7. The van der Waals surface area contributed by atoms with Crippen molar-refractivity contribution in [1.29, 1.82) is 0 Å². The van der Waals surface area contributed by atoms with E-state index >= 15 is 0 Å². The number of ether oxygens (including phenoxy) is 1. The van der Waals surface area contributed by atoms with Crippen LogP contribution in [0.3, 0.4) is 0 Å². The lowest BCUT2D eigenvalue weighted by atomic mass is 10.1. The number of nitrogens with zero attached hydrogens (tertiary/aromatic N) is 3. The standard InChI is InChI=1S/C19H18N4O2S/c1-2-17-18(21-5-1)22-19(26-17)25-14-3-4-15-13(12-24-16(15)10-14)11-23-8-6-20-7-9-23/h1-5,10,12,20H,6-9,11H2. The van der Waals surface area contributed by atoms with Gasteiger partial charge in [-0.3, -0.25) is 4.90 Å². The van der Waals surface area contributed by atoms with Gasteiger partial charge in [-0.15, -0.1) is 0 Å². The molecule has 0 radical (unpaired) electrons. The van der Waals surface area contributed by atoms with E-state index in [0.717, 1.165) is 54.1 Å². The maximum absolute atomic E-state index is 5.92. The van der Waals surface area contributed by atoms with E-state index in [2.05, 4.69) is 26.3 Å². The van der Waals surface area contributed by atoms with Gasteiger partial charge in [0.05, 0.1) is 11.0 Å². The molecule has 1 N–H and O–H groups in total. The lowest BCUT2D eigenvalue weighted by molar-refractivity contribution is 0.233. The second-order valence-corrected chi connectivity index (χ2v) is 7.35. The number of aromatic nitrogens is 2. The van der Waals surface area contributed by atoms with Gasteiger partial charge in [0.15, 0.2) is 5.65 Å². The highest BCUT2D eigenvalue weighted by atomic mass is 32.1. The van der Waals surface area contributed by atoms with Crippen molar-refractivity contribution in [1.82, 2.24) is 20.2 Å². The summed E-state index contributed by atoms with van der Waals surface area (Å²) >= 11 is 1.49. The normalized spacial score (nSPS) is 15.7. The zero-order chi connectivity index (χ0) is 17.3. The quantitative estimate of drug-likeness (QED) is 0.595. The number of rotatable bonds is 4. The molecule has 0 amide bonds. The molecule has 5 rings (SSSR count). The summed E-state index contributed by atoms with van der Waals surface area (Å²) in [5, 5.41) is 5.11. The highest BCUT2D eigenvalue weighted by Gasteiger charge is 2.14. The maximum atomic E-state index is 5.92. The van der Waals surface area contributed by atoms with Crippen molar-refractivity contribution in [2.24, 2.45) is 0 Å². The maximum Gasteiger partial charge on any atom is 0.281 e. The van der Waals surface area contributed by atoms with E-state index < -0.39 is 0 Å². The molecular formula is C19H18N4O2S. The molecule has 4 aromatic rings. The summed E-state index contributed by atoms with van der Waals surface area (Å²) in [5.74, 6) is 0.722. The summed E-state index contributed by atoms with van der Waals surface area (Å²) in [7, 11) is 0. The number of nitrogens with one attached hydrogen (secondary N) is 1. The Hall–Kier alpha value is -2.48. The smallest absolute Gasteiger partial charge is 0.281 e. The molecule has 3 aromatic heterocycles. The van der Waals surface area contributed by atoms with E-state index in [-0.39, 0.29) is 0 Å². The Morgan fingerprint density at radius 3 is 3.04 bits per heavy atom. The molecular weight excluding hydrogens is 348 g/mol. The second kappa shape index (κ2) is 6.68. The Labute approximate surface area is 154 Å². The minimum atomic E-state index is 0.589. The van der Waals surface area contributed by atoms with E-state index in [1.807, 2.05) is 30.5 Å². The molecule has 0 saturated carbocycles. The fourth-order valence-electron chi connectivity index (χ4n) is 3.25. The van der Waals surface area contributed by atoms with Crippen LogP contribution in [0.5, 0.6) is 10.9 Å². The van der Waals surface area contributed by atoms with Gasteiger partial charge in [-0.25, -0.2) is 4.98 Å². The van der Waals surface area contributed by atoms with Crippen LogP contribution < -0.4 is 10.1 Å². The molecule has 1 aliphatic rings. The van der Waals surface area contributed by atoms with E-state index in [1.165, 1.54) is 16.9 Å². The third-order valence-corrected chi connectivity index (χ3v) is 5.47. The van der Waals surface area contributed by atoms with Crippen molar-refractivity contribution in [2.75, 3.05) is 26.2 Å². The largest absolute Gasteiger partial charge is 0.464 e. The van der Waals surface area contributed by atoms with Gasteiger partial charge in [0.25, 0.3) is 5.19 Å². The molecule has 7 heteroatoms. The third kappa shape index (κ3) is 3.05. The average Bonchev–Trinajstić information content (AvgIpc) is 3.26. The number of pyridine rings is 1. The van der Waals surface area contributed by atoms with Crippen LogP contribution >= 0.6 is 11.3 Å². The average molecular weight is 366 g/mol. The molecule has 6 nitrogen and oxygen atoms in total. The fraction of sp³-hybridized carbons (Fsp3) is 0.263. The molecule has 4 heterocycles. The number of hydrogen-bond acceptors (Lipinski definition) is 7. The van der Waals surface area contributed by atoms with Crippen LogP contribution in [0.2, 0.25) is 0 Å². The van der Waals surface area contributed by atoms with Crippen molar-refractivity contribution in [3.8, 4) is 10.9 Å². The molecule has 132 valence electrons. The zero-order valence-corrected chi connectivity index (χ0v) is 15.0. The highest BCUT2D eigenvalue weighted by Crippen LogP contribution is 2.33. The van der Waals surface area contributed by atoms with Gasteiger partial charge in [0.2, 0.25) is 0 Å². The molecule has 1 saturated heterocycles. The number of furan rings is 1. The second-order valence-electron chi connectivity index (χ2n) is 6.35. The third-order valence-electron chi connectivity index (χ3n) is 4.58. The summed E-state index contributed by atoms with van der Waals surface area (Å²) in [4.78, 5) is 11.1. The number of thiazole rings is 1. The Bertz CT molecular complexity index is 1020. The molecule has 0 spiro atoms. The van der Waals surface area contributed by atoms with Crippen LogP contribution in [0.15, 0.2) is 47.2 Å². The minimum Gasteiger partial charge on any atom is -0.464 e. The van der Waals surface area contributed by atoms with Gasteiger partial charge < -0.3 is 14.5 Å². The van der Waals surface area contributed by atoms with Gasteiger partial charge >= 0.3 is 0 Å². The summed E-state index contributed by atoms with van der Waals surface area (Å²) in [5.41, 5.74) is 2.77. The van der Waals surface area contributed by atoms with Crippen LogP contribution in [0.4, 0.5) is 0 Å². The predicted molar refractivity (Wildman–Crippen MR) is 102 cm³/mol. The summed E-state index contributed by atoms with van der Waals surface area (Å²) in [6.07, 6.45) is 3.60. The van der Waals surface area contributed by atoms with E-state index in [0.29, 0.717) is 10.8 Å². The van der Waals surface area contributed by atoms with Gasteiger partial charge in [0, 0.05) is 55.9 Å². The molecule has 1 aliphatic heterocycles. The summed E-state index contributed by atoms with van der Waals surface area (Å²) in [6.45, 7) is 5.15. The van der Waals surface area contributed by atoms with Gasteiger partial charge in [-0.05, 0) is 24.3 Å². The van der Waals surface area contributed by atoms with Crippen LogP contribution in [0.25, 0.3) is 21.3 Å². The number of hydrogen-bond donors (Lipinski definition) is 1. The Kier molecular flexibility index (Phi) is 4.05. The Morgan fingerprint density at radius 2 is 2.15 bits per heavy atom. The van der Waals surface area contributed by atoms with Crippen LogP contribution in [0.1, 0.15) is 5.56 Å². The number of fused-ring (bicyclic) bond motifs is 2. The van der Waals surface area contributed by atoms with E-state index in [1.54, 1.807) is 6.20 Å². The van der Waals surface area contributed by atoms with E-state index in [9.17, 15) is 0 Å². The molecule has 0 atom stereocenters. The monoisotopic (exact) mass is 366 g/mol. The minimum absolute atomic E-state index is 0.589. The van der Waals surface area contributed by atoms with E-state index in [4.69, 9.17) is 9.15 Å². The van der Waals surface area contributed by atoms with Crippen molar-refractivity contribution in [3.05, 3.63) is 48.4 Å². The predicted octanol–water partition coefficient (Wildman–Crippen LogP) is 3.64. The van der Waals surface area contributed by atoms with Crippen LogP contribution in [0, 0.1) is 0 Å². The lowest BCUT2D eigenvalue weighted by Gasteiger charge is -2.26. The van der Waals surface area contributed by atoms with Gasteiger partial charge in [0.1, 0.15) is 11.3 Å². The molecule has 1 fully saturated rings. The lowest BCUT2D eigenvalue weighted by Crippen LogP contribution is -2.42. The molecule has 0 bridgehead atoms. The number of piperazine rings is 1. The molecule has 1 aromatic carbocycles. The first-order valence-electron chi connectivity index (χ1n) is 8.68. The van der Waals surface area contributed by atoms with Crippen molar-refractivity contribution >= 4 is 32.7 Å². The van der Waals surface area contributed by atoms with Gasteiger partial charge in [-0.1, -0.05) is 11.3 Å². The van der Waals surface area contributed by atoms with Crippen LogP contribution in [-0.2, 0) is 6.54 Å². The molecule has 0 aliphatic carbocycles. The fourth-order valence-corrected chi connectivity index (χ4v) is 4.05. The SMILES string of the molecule is c1cnc2nc(Oc3ccc4c(CN5CCNCC5)coc4c3)sc2c1. The van der Waals surface area contributed by atoms with Crippen molar-refractivity contribution in [2.45, 2.75) is 6.54 Å². The van der Waals surface area contributed by atoms with Gasteiger partial charge in [-0.2, -0.15) is 4.98 Å². The molecule has 0 unspecified atom stereocenters. The summed E-state index contributed by atoms with van der Waals surface area (Å²) in [6, 6.07) is 9.86. The van der Waals surface area contributed by atoms with Crippen molar-refractivity contribution < 1.29 is 9.15 Å². The topological polar surface area (TPSA) is 63.4 Å². The highest BCUT2D eigenvalue weighted by molar-refractivity contribution is 7.20. The first-order chi connectivity index (χ1) is 12.8. The Morgan fingerprint density at radius 1 is 1.23 bits per heavy atom. The number of benzene rings is 1. The van der Waals surface area contributed by atoms with Crippen molar-refractivity contribution in [3.63, 3.8) is 0 Å². The van der Waals surface area contributed by atoms with Crippen LogP contribution in [-0.4, -0.2) is 41.0 Å². The first-order valence-corrected chi connectivity index (χ1v) is 9.49. The zero-order valence-electron chi connectivity index (χ0n) is 14.1. The Balaban J connectivity index is 1.38. The summed E-state index contributed by atoms with van der Waals surface area (Å²) < 4.78 is 12.7.